The molecule has 24 heavy (non-hydrogen) atoms. The molecule has 5 nitrogen and oxygen atoms in total. The van der Waals surface area contributed by atoms with E-state index in [1.165, 1.54) is 30.5 Å². The Kier molecular flexibility index (Phi) is 5.41. The lowest BCUT2D eigenvalue weighted by Gasteiger charge is -2.31. The van der Waals surface area contributed by atoms with Crippen LogP contribution < -0.4 is 0 Å². The van der Waals surface area contributed by atoms with E-state index >= 15 is 0 Å². The van der Waals surface area contributed by atoms with Crippen LogP contribution in [0.15, 0.2) is 22.8 Å². The minimum atomic E-state index is -0.526. The fourth-order valence-electron chi connectivity index (χ4n) is 3.82. The van der Waals surface area contributed by atoms with Crippen LogP contribution in [-0.4, -0.2) is 32.4 Å². The molecule has 0 spiro atoms. The van der Waals surface area contributed by atoms with E-state index in [9.17, 15) is 5.11 Å². The molecule has 2 aromatic heterocycles. The number of hydrogen-bond donors (Lipinski definition) is 1. The summed E-state index contributed by atoms with van der Waals surface area (Å²) in [7, 11) is 2.01. The number of likely N-dealkylation sites (tertiary alicyclic amines) is 1. The lowest BCUT2D eigenvalue weighted by molar-refractivity contribution is 0.0829. The average Bonchev–Trinajstić information content (AvgIpc) is 3.10. The molecule has 3 heterocycles. The number of rotatable bonds is 5. The van der Waals surface area contributed by atoms with Gasteiger partial charge in [-0.2, -0.15) is 5.10 Å². The van der Waals surface area contributed by atoms with Gasteiger partial charge in [0.1, 0.15) is 11.9 Å². The molecule has 1 fully saturated rings. The monoisotopic (exact) mass is 331 g/mol. The number of aryl methyl sites for hydroxylation is 2. The van der Waals surface area contributed by atoms with E-state index in [0.29, 0.717) is 11.8 Å². The standard InChI is InChI=1S/C19H29N3O2/c1-14-17(15(2)21(3)20-14)13-22-10-6-4-5-8-16(22)12-18(23)19-9-7-11-24-19/h7,9,11,16,18,23H,4-6,8,10,12-13H2,1-3H3. The van der Waals surface area contributed by atoms with Crippen molar-refractivity contribution in [3.05, 3.63) is 41.1 Å². The third-order valence-electron chi connectivity index (χ3n) is 5.39. The van der Waals surface area contributed by atoms with Gasteiger partial charge in [-0.25, -0.2) is 0 Å². The largest absolute Gasteiger partial charge is 0.467 e. The zero-order valence-electron chi connectivity index (χ0n) is 15.0. The highest BCUT2D eigenvalue weighted by Crippen LogP contribution is 2.28. The maximum atomic E-state index is 10.5. The molecule has 5 heteroatoms. The zero-order valence-corrected chi connectivity index (χ0v) is 15.0. The summed E-state index contributed by atoms with van der Waals surface area (Å²) >= 11 is 0. The predicted octanol–water partition coefficient (Wildman–Crippen LogP) is 3.50. The van der Waals surface area contributed by atoms with Gasteiger partial charge < -0.3 is 9.52 Å². The molecular formula is C19H29N3O2. The van der Waals surface area contributed by atoms with Crippen LogP contribution in [0.3, 0.4) is 0 Å². The Morgan fingerprint density at radius 1 is 1.33 bits per heavy atom. The molecule has 2 atom stereocenters. The summed E-state index contributed by atoms with van der Waals surface area (Å²) in [6.07, 6.45) is 6.70. The SMILES string of the molecule is Cc1nn(C)c(C)c1CN1CCCCCC1CC(O)c1ccco1. The van der Waals surface area contributed by atoms with Crippen molar-refractivity contribution in [3.63, 3.8) is 0 Å². The summed E-state index contributed by atoms with van der Waals surface area (Å²) in [6.45, 7) is 6.23. The molecule has 132 valence electrons. The van der Waals surface area contributed by atoms with Crippen molar-refractivity contribution in [1.82, 2.24) is 14.7 Å². The van der Waals surface area contributed by atoms with Crippen LogP contribution in [0, 0.1) is 13.8 Å². The van der Waals surface area contributed by atoms with E-state index in [-0.39, 0.29) is 0 Å². The van der Waals surface area contributed by atoms with E-state index in [0.717, 1.165) is 31.6 Å². The van der Waals surface area contributed by atoms with Gasteiger partial charge in [-0.05, 0) is 51.8 Å². The van der Waals surface area contributed by atoms with Gasteiger partial charge in [0.2, 0.25) is 0 Å². The van der Waals surface area contributed by atoms with Gasteiger partial charge in [-0.3, -0.25) is 9.58 Å². The Morgan fingerprint density at radius 3 is 2.83 bits per heavy atom. The van der Waals surface area contributed by atoms with Gasteiger partial charge in [-0.1, -0.05) is 12.8 Å². The summed E-state index contributed by atoms with van der Waals surface area (Å²) in [5.41, 5.74) is 3.68. The highest BCUT2D eigenvalue weighted by Gasteiger charge is 2.26. The number of aliphatic hydroxyl groups is 1. The van der Waals surface area contributed by atoms with Crippen LogP contribution in [0.25, 0.3) is 0 Å². The second-order valence-electron chi connectivity index (χ2n) is 7.01. The molecule has 2 aromatic rings. The first-order chi connectivity index (χ1) is 11.6. The number of furan rings is 1. The highest BCUT2D eigenvalue weighted by molar-refractivity contribution is 5.24. The number of aromatic nitrogens is 2. The van der Waals surface area contributed by atoms with Crippen molar-refractivity contribution in [2.24, 2.45) is 7.05 Å². The van der Waals surface area contributed by atoms with Crippen molar-refractivity contribution in [1.29, 1.82) is 0 Å². The van der Waals surface area contributed by atoms with Gasteiger partial charge in [0.15, 0.2) is 0 Å². The van der Waals surface area contributed by atoms with Gasteiger partial charge in [-0.15, -0.1) is 0 Å². The molecule has 1 aliphatic heterocycles. The molecule has 1 aliphatic rings. The Balaban J connectivity index is 1.75. The summed E-state index contributed by atoms with van der Waals surface area (Å²) in [5.74, 6) is 0.674. The summed E-state index contributed by atoms with van der Waals surface area (Å²) in [6, 6.07) is 4.08. The first-order valence-electron chi connectivity index (χ1n) is 9.01. The lowest BCUT2D eigenvalue weighted by atomic mass is 10.0. The Hall–Kier alpha value is -1.59. The fourth-order valence-corrected chi connectivity index (χ4v) is 3.82. The Bertz CT molecular complexity index is 648. The second kappa shape index (κ2) is 7.53. The molecule has 2 unspecified atom stereocenters. The third kappa shape index (κ3) is 3.73. The molecule has 0 saturated carbocycles. The van der Waals surface area contributed by atoms with E-state index in [4.69, 9.17) is 4.42 Å². The Morgan fingerprint density at radius 2 is 2.17 bits per heavy atom. The number of aliphatic hydroxyl groups excluding tert-OH is 1. The molecular weight excluding hydrogens is 302 g/mol. The molecule has 0 aromatic carbocycles. The smallest absolute Gasteiger partial charge is 0.132 e. The number of nitrogens with zero attached hydrogens (tertiary/aromatic N) is 3. The van der Waals surface area contributed by atoms with Crippen molar-refractivity contribution in [2.45, 2.75) is 64.6 Å². The molecule has 1 saturated heterocycles. The minimum absolute atomic E-state index is 0.381. The van der Waals surface area contributed by atoms with Crippen molar-refractivity contribution in [3.8, 4) is 0 Å². The minimum Gasteiger partial charge on any atom is -0.467 e. The molecule has 0 aliphatic carbocycles. The van der Waals surface area contributed by atoms with Crippen molar-refractivity contribution in [2.75, 3.05) is 6.54 Å². The summed E-state index contributed by atoms with van der Waals surface area (Å²) in [5, 5.41) is 15.1. The van der Waals surface area contributed by atoms with E-state index < -0.39 is 6.10 Å². The summed E-state index contributed by atoms with van der Waals surface area (Å²) in [4.78, 5) is 2.54. The zero-order chi connectivity index (χ0) is 17.1. The van der Waals surface area contributed by atoms with Crippen LogP contribution in [0.2, 0.25) is 0 Å². The fraction of sp³-hybridized carbons (Fsp3) is 0.632. The van der Waals surface area contributed by atoms with Crippen LogP contribution >= 0.6 is 0 Å². The van der Waals surface area contributed by atoms with Crippen LogP contribution in [-0.2, 0) is 13.6 Å². The molecule has 0 amide bonds. The predicted molar refractivity (Wildman–Crippen MR) is 93.6 cm³/mol. The second-order valence-corrected chi connectivity index (χ2v) is 7.01. The van der Waals surface area contributed by atoms with Crippen LogP contribution in [0.5, 0.6) is 0 Å². The van der Waals surface area contributed by atoms with Crippen LogP contribution in [0.4, 0.5) is 0 Å². The molecule has 0 bridgehead atoms. The van der Waals surface area contributed by atoms with Gasteiger partial charge >= 0.3 is 0 Å². The maximum Gasteiger partial charge on any atom is 0.132 e. The summed E-state index contributed by atoms with van der Waals surface area (Å²) < 4.78 is 7.35. The van der Waals surface area contributed by atoms with Gasteiger partial charge in [0, 0.05) is 30.9 Å². The van der Waals surface area contributed by atoms with E-state index in [1.54, 1.807) is 6.26 Å². The maximum absolute atomic E-state index is 10.5. The normalized spacial score (nSPS) is 20.9. The average molecular weight is 331 g/mol. The number of hydrogen-bond acceptors (Lipinski definition) is 4. The van der Waals surface area contributed by atoms with Crippen LogP contribution in [0.1, 0.15) is 60.9 Å². The third-order valence-corrected chi connectivity index (χ3v) is 5.39. The molecule has 3 rings (SSSR count). The van der Waals surface area contributed by atoms with Crippen molar-refractivity contribution >= 4 is 0 Å². The first kappa shape index (κ1) is 17.2. The molecule has 0 radical (unpaired) electrons. The van der Waals surface area contributed by atoms with E-state index in [2.05, 4.69) is 23.8 Å². The van der Waals surface area contributed by atoms with Crippen molar-refractivity contribution < 1.29 is 9.52 Å². The quantitative estimate of drug-likeness (QED) is 0.911. The highest BCUT2D eigenvalue weighted by atomic mass is 16.4. The lowest BCUT2D eigenvalue weighted by Crippen LogP contribution is -2.35. The van der Waals surface area contributed by atoms with E-state index in [1.807, 2.05) is 23.9 Å². The molecule has 1 N–H and O–H groups in total. The van der Waals surface area contributed by atoms with Gasteiger partial charge in [0.05, 0.1) is 12.0 Å². The Labute approximate surface area is 144 Å². The topological polar surface area (TPSA) is 54.4 Å². The van der Waals surface area contributed by atoms with Gasteiger partial charge in [0.25, 0.3) is 0 Å². The first-order valence-corrected chi connectivity index (χ1v) is 9.01.